The molecule has 1 aliphatic carbocycles. The van der Waals surface area contributed by atoms with Gasteiger partial charge in [-0.05, 0) is 127 Å². The van der Waals surface area contributed by atoms with Crippen LogP contribution in [0.1, 0.15) is 33.4 Å². The van der Waals surface area contributed by atoms with Gasteiger partial charge in [-0.2, -0.15) is 0 Å². The molecule has 1 aromatic heterocycles. The second-order valence-corrected chi connectivity index (χ2v) is 17.6. The lowest BCUT2D eigenvalue weighted by atomic mass is 9.68. The van der Waals surface area contributed by atoms with Gasteiger partial charge in [0, 0.05) is 33.5 Å². The Morgan fingerprint density at radius 2 is 0.925 bits per heavy atom. The van der Waals surface area contributed by atoms with E-state index in [0.29, 0.717) is 0 Å². The summed E-state index contributed by atoms with van der Waals surface area (Å²) in [6, 6.07) is 93.2. The third-order valence-corrected chi connectivity index (χ3v) is 14.0. The first kappa shape index (κ1) is 38.7. The molecule has 0 aliphatic heterocycles. The Labute approximate surface area is 390 Å². The van der Waals surface area contributed by atoms with Gasteiger partial charge < -0.3 is 9.47 Å². The third kappa shape index (κ3) is 6.18. The maximum atomic E-state index is 2.40. The minimum atomic E-state index is -0.434. The van der Waals surface area contributed by atoms with Crippen LogP contribution in [0.4, 0.5) is 17.1 Å². The van der Waals surface area contributed by atoms with Crippen molar-refractivity contribution in [3.05, 3.63) is 288 Å². The van der Waals surface area contributed by atoms with Gasteiger partial charge in [-0.1, -0.05) is 206 Å². The average Bonchev–Trinajstić information content (AvgIpc) is 3.90. The minimum Gasteiger partial charge on any atom is -0.310 e. The van der Waals surface area contributed by atoms with Gasteiger partial charge in [0.2, 0.25) is 0 Å². The predicted molar refractivity (Wildman–Crippen MR) is 282 cm³/mol. The highest BCUT2D eigenvalue weighted by atomic mass is 15.1. The molecule has 0 saturated heterocycles. The van der Waals surface area contributed by atoms with E-state index in [2.05, 4.69) is 276 Å². The highest BCUT2D eigenvalue weighted by molar-refractivity contribution is 6.26. The number of fused-ring (bicyclic) bond motifs is 3. The number of aromatic nitrogens is 1. The van der Waals surface area contributed by atoms with Crippen LogP contribution in [-0.4, -0.2) is 4.57 Å². The molecule has 2 nitrogen and oxygen atoms in total. The van der Waals surface area contributed by atoms with Crippen molar-refractivity contribution < 1.29 is 0 Å². The fraction of sp³-hybridized carbons (Fsp3) is 0.0154. The molecule has 0 unspecified atom stereocenters. The van der Waals surface area contributed by atoms with E-state index in [1.807, 2.05) is 0 Å². The van der Waals surface area contributed by atoms with E-state index in [1.165, 1.54) is 82.8 Å². The lowest BCUT2D eigenvalue weighted by Crippen LogP contribution is -2.28. The fourth-order valence-corrected chi connectivity index (χ4v) is 11.1. The van der Waals surface area contributed by atoms with Gasteiger partial charge in [-0.25, -0.2) is 0 Å². The summed E-state index contributed by atoms with van der Waals surface area (Å²) in [7, 11) is 0. The van der Waals surface area contributed by atoms with E-state index < -0.39 is 5.41 Å². The van der Waals surface area contributed by atoms with Crippen LogP contribution in [0.2, 0.25) is 0 Å². The Kier molecular flexibility index (Phi) is 9.11. The number of benzene rings is 11. The van der Waals surface area contributed by atoms with Crippen LogP contribution < -0.4 is 4.90 Å². The fourth-order valence-electron chi connectivity index (χ4n) is 11.1. The second kappa shape index (κ2) is 15.8. The molecule has 1 heterocycles. The van der Waals surface area contributed by atoms with Gasteiger partial charge >= 0.3 is 0 Å². The summed E-state index contributed by atoms with van der Waals surface area (Å²) in [5, 5.41) is 5.19. The third-order valence-electron chi connectivity index (χ3n) is 14.0. The first-order chi connectivity index (χ1) is 33.2. The molecule has 0 bridgehead atoms. The molecule has 0 atom stereocenters. The number of nitrogens with zero attached hydrogens (tertiary/aromatic N) is 2. The van der Waals surface area contributed by atoms with Crippen LogP contribution in [0, 0.1) is 0 Å². The van der Waals surface area contributed by atoms with Crippen LogP contribution >= 0.6 is 0 Å². The number of hydrogen-bond acceptors (Lipinski definition) is 1. The highest BCUT2D eigenvalue weighted by Gasteiger charge is 2.46. The molecule has 13 rings (SSSR count). The van der Waals surface area contributed by atoms with Crippen molar-refractivity contribution in [1.82, 2.24) is 4.57 Å². The van der Waals surface area contributed by atoms with Crippen LogP contribution in [0.25, 0.3) is 72.7 Å². The van der Waals surface area contributed by atoms with E-state index in [1.54, 1.807) is 0 Å². The Hall–Kier alpha value is -8.72. The Bertz CT molecular complexity index is 3720. The van der Waals surface area contributed by atoms with E-state index in [4.69, 9.17) is 0 Å². The monoisotopic (exact) mass is 852 g/mol. The highest BCUT2D eigenvalue weighted by Crippen LogP contribution is 2.57. The van der Waals surface area contributed by atoms with Gasteiger partial charge in [0.25, 0.3) is 0 Å². The predicted octanol–water partition coefficient (Wildman–Crippen LogP) is 17.0. The summed E-state index contributed by atoms with van der Waals surface area (Å²) in [5.74, 6) is 0. The SMILES string of the molecule is C(=Cc1ccc(N(c2ccccc2)c2ccc3c(c2)-c2ccccc2C3(c2ccccc2)c2ccccc2)cc1)c1ccc(-c2ccc3c4c2ccc2cccc(c24)n3-c2ccccc2)cc1. The molecule has 0 saturated carbocycles. The molecule has 0 spiro atoms. The zero-order valence-corrected chi connectivity index (χ0v) is 36.8. The number of anilines is 3. The van der Waals surface area contributed by atoms with Gasteiger partial charge in [0.15, 0.2) is 0 Å². The van der Waals surface area contributed by atoms with Gasteiger partial charge in [0.1, 0.15) is 0 Å². The maximum absolute atomic E-state index is 2.40. The van der Waals surface area contributed by atoms with E-state index >= 15 is 0 Å². The molecule has 1 aliphatic rings. The molecule has 0 N–H and O–H groups in total. The molecule has 0 amide bonds. The summed E-state index contributed by atoms with van der Waals surface area (Å²) >= 11 is 0. The average molecular weight is 853 g/mol. The molecule has 11 aromatic carbocycles. The molecule has 0 fully saturated rings. The van der Waals surface area contributed by atoms with Gasteiger partial charge in [-0.3, -0.25) is 0 Å². The normalized spacial score (nSPS) is 12.8. The molecular formula is C65H44N2. The van der Waals surface area contributed by atoms with Crippen molar-refractivity contribution in [3.63, 3.8) is 0 Å². The van der Waals surface area contributed by atoms with Crippen LogP contribution in [-0.2, 0) is 5.41 Å². The lowest BCUT2D eigenvalue weighted by molar-refractivity contribution is 0.768. The summed E-state index contributed by atoms with van der Waals surface area (Å²) in [6.45, 7) is 0. The van der Waals surface area contributed by atoms with Gasteiger partial charge in [0.05, 0.1) is 16.4 Å². The van der Waals surface area contributed by atoms with Crippen molar-refractivity contribution in [1.29, 1.82) is 0 Å². The van der Waals surface area contributed by atoms with Crippen LogP contribution in [0.15, 0.2) is 255 Å². The van der Waals surface area contributed by atoms with Gasteiger partial charge in [-0.15, -0.1) is 0 Å². The summed E-state index contributed by atoms with van der Waals surface area (Å²) in [4.78, 5) is 2.38. The molecule has 0 radical (unpaired) electrons. The largest absolute Gasteiger partial charge is 0.310 e. The molecule has 67 heavy (non-hydrogen) atoms. The zero-order valence-electron chi connectivity index (χ0n) is 36.8. The summed E-state index contributed by atoms with van der Waals surface area (Å²) in [6.07, 6.45) is 4.42. The van der Waals surface area contributed by atoms with Crippen molar-refractivity contribution in [2.24, 2.45) is 0 Å². The Balaban J connectivity index is 0.824. The van der Waals surface area contributed by atoms with Crippen molar-refractivity contribution in [2.75, 3.05) is 4.90 Å². The molecular weight excluding hydrogens is 809 g/mol. The zero-order chi connectivity index (χ0) is 44.3. The maximum Gasteiger partial charge on any atom is 0.0713 e. The van der Waals surface area contributed by atoms with E-state index in [9.17, 15) is 0 Å². The number of hydrogen-bond donors (Lipinski definition) is 0. The summed E-state index contributed by atoms with van der Waals surface area (Å²) < 4.78 is 2.40. The first-order valence-corrected chi connectivity index (χ1v) is 23.2. The van der Waals surface area contributed by atoms with Crippen LogP contribution in [0.3, 0.4) is 0 Å². The summed E-state index contributed by atoms with van der Waals surface area (Å²) in [5.41, 5.74) is 19.0. The molecule has 2 heteroatoms. The van der Waals surface area contributed by atoms with Crippen molar-refractivity contribution in [3.8, 4) is 27.9 Å². The van der Waals surface area contributed by atoms with Crippen molar-refractivity contribution >= 4 is 61.8 Å². The molecule has 314 valence electrons. The topological polar surface area (TPSA) is 8.17 Å². The Morgan fingerprint density at radius 1 is 0.358 bits per heavy atom. The number of para-hydroxylation sites is 2. The second-order valence-electron chi connectivity index (χ2n) is 17.6. The van der Waals surface area contributed by atoms with E-state index in [-0.39, 0.29) is 0 Å². The Morgan fingerprint density at radius 3 is 1.63 bits per heavy atom. The lowest BCUT2D eigenvalue weighted by Gasteiger charge is -2.34. The smallest absolute Gasteiger partial charge is 0.0713 e. The van der Waals surface area contributed by atoms with Crippen molar-refractivity contribution in [2.45, 2.75) is 5.41 Å². The van der Waals surface area contributed by atoms with E-state index in [0.717, 1.165) is 28.2 Å². The molecule has 12 aromatic rings. The quantitative estimate of drug-likeness (QED) is 0.104. The first-order valence-electron chi connectivity index (χ1n) is 23.2. The standard InChI is InChI=1S/C65H44N2/c1-5-17-49(18-6-1)65(50-19-7-2-8-20-50)59-26-14-13-25-56(59)58-44-54(39-42-60(58)65)66(51-21-9-3-10-22-51)53-37-32-46(33-38-53)29-28-45-30-34-47(35-31-45)55-41-43-62-64-57(55)40-36-48-16-15-27-61(63(48)64)67(62)52-23-11-4-12-24-52/h1-44H. The van der Waals surface area contributed by atoms with Crippen LogP contribution in [0.5, 0.6) is 0 Å². The minimum absolute atomic E-state index is 0.434. The number of rotatable bonds is 9.